The summed E-state index contributed by atoms with van der Waals surface area (Å²) < 4.78 is 0. The second kappa shape index (κ2) is 6.80. The predicted octanol–water partition coefficient (Wildman–Crippen LogP) is 3.99. The topological polar surface area (TPSA) is 12.0 Å². The van der Waals surface area contributed by atoms with Crippen LogP contribution in [0.2, 0.25) is 0 Å². The van der Waals surface area contributed by atoms with Crippen molar-refractivity contribution in [1.29, 1.82) is 0 Å². The molecule has 1 heteroatoms. The molecule has 0 aromatic heterocycles. The van der Waals surface area contributed by atoms with Gasteiger partial charge in [-0.15, -0.1) is 0 Å². The maximum absolute atomic E-state index is 3.42. The molecule has 1 atom stereocenters. The molecule has 1 N–H and O–H groups in total. The number of benzene rings is 1. The van der Waals surface area contributed by atoms with Crippen LogP contribution in [-0.2, 0) is 6.42 Å². The van der Waals surface area contributed by atoms with E-state index >= 15 is 0 Å². The number of hydrogen-bond donors (Lipinski definition) is 1. The van der Waals surface area contributed by atoms with Crippen LogP contribution in [0.5, 0.6) is 0 Å². The Morgan fingerprint density at radius 1 is 1.00 bits per heavy atom. The monoisotopic (exact) mass is 233 g/mol. The minimum Gasteiger partial charge on any atom is -0.317 e. The van der Waals surface area contributed by atoms with Gasteiger partial charge in [-0.1, -0.05) is 52.0 Å². The molecule has 1 unspecified atom stereocenters. The average molecular weight is 233 g/mol. The third-order valence-corrected chi connectivity index (χ3v) is 3.29. The van der Waals surface area contributed by atoms with Gasteiger partial charge in [0.25, 0.3) is 0 Å². The molecule has 0 saturated carbocycles. The molecule has 1 rings (SSSR count). The van der Waals surface area contributed by atoms with Crippen molar-refractivity contribution >= 4 is 0 Å². The van der Waals surface area contributed by atoms with Crippen LogP contribution in [0.4, 0.5) is 0 Å². The summed E-state index contributed by atoms with van der Waals surface area (Å²) in [6, 6.07) is 9.68. The van der Waals surface area contributed by atoms with Crippen LogP contribution in [0, 0.1) is 5.92 Å². The first-order chi connectivity index (χ1) is 8.02. The summed E-state index contributed by atoms with van der Waals surface area (Å²) in [7, 11) is 2.07. The quantitative estimate of drug-likeness (QED) is 0.783. The highest BCUT2D eigenvalue weighted by Gasteiger charge is 2.09. The van der Waals surface area contributed by atoms with Gasteiger partial charge in [-0.25, -0.2) is 0 Å². The van der Waals surface area contributed by atoms with E-state index in [9.17, 15) is 0 Å². The standard InChI is InChI=1S/C16H27N/c1-12(2)10-16(17-5)11-14-6-8-15(9-7-14)13(3)4/h6-9,12-13,16-17H,10-11H2,1-5H3. The van der Waals surface area contributed by atoms with Crippen molar-refractivity contribution < 1.29 is 0 Å². The first kappa shape index (κ1) is 14.2. The zero-order chi connectivity index (χ0) is 12.8. The van der Waals surface area contributed by atoms with Gasteiger partial charge in [-0.3, -0.25) is 0 Å². The largest absolute Gasteiger partial charge is 0.317 e. The van der Waals surface area contributed by atoms with Crippen molar-refractivity contribution in [3.63, 3.8) is 0 Å². The number of rotatable bonds is 6. The Kier molecular flexibility index (Phi) is 5.70. The lowest BCUT2D eigenvalue weighted by Gasteiger charge is -2.18. The lowest BCUT2D eigenvalue weighted by atomic mass is 9.95. The molecule has 0 amide bonds. The fraction of sp³-hybridized carbons (Fsp3) is 0.625. The summed E-state index contributed by atoms with van der Waals surface area (Å²) in [5, 5.41) is 3.42. The number of hydrogen-bond acceptors (Lipinski definition) is 1. The summed E-state index contributed by atoms with van der Waals surface area (Å²) in [6.45, 7) is 9.05. The van der Waals surface area contributed by atoms with E-state index in [1.165, 1.54) is 17.5 Å². The summed E-state index contributed by atoms with van der Waals surface area (Å²) in [5.41, 5.74) is 2.87. The Bertz CT molecular complexity index is 311. The second-order valence-electron chi connectivity index (χ2n) is 5.72. The molecule has 0 heterocycles. The highest BCUT2D eigenvalue weighted by molar-refractivity contribution is 5.25. The number of nitrogens with one attached hydrogen (secondary N) is 1. The van der Waals surface area contributed by atoms with Crippen LogP contribution in [0.1, 0.15) is 51.2 Å². The normalized spacial score (nSPS) is 13.4. The molecule has 0 radical (unpaired) electrons. The molecule has 0 aliphatic heterocycles. The van der Waals surface area contributed by atoms with Gasteiger partial charge in [0, 0.05) is 6.04 Å². The Morgan fingerprint density at radius 2 is 1.59 bits per heavy atom. The van der Waals surface area contributed by atoms with Crippen molar-refractivity contribution in [2.45, 2.75) is 52.5 Å². The van der Waals surface area contributed by atoms with E-state index in [0.717, 1.165) is 12.3 Å². The van der Waals surface area contributed by atoms with Crippen molar-refractivity contribution in [2.75, 3.05) is 7.05 Å². The van der Waals surface area contributed by atoms with Crippen LogP contribution in [0.25, 0.3) is 0 Å². The van der Waals surface area contributed by atoms with Crippen LogP contribution in [0.15, 0.2) is 24.3 Å². The van der Waals surface area contributed by atoms with E-state index in [2.05, 4.69) is 64.3 Å². The number of likely N-dealkylation sites (N-methyl/N-ethyl adjacent to an activating group) is 1. The fourth-order valence-electron chi connectivity index (χ4n) is 2.20. The van der Waals surface area contributed by atoms with Gasteiger partial charge in [0.1, 0.15) is 0 Å². The Morgan fingerprint density at radius 3 is 2.00 bits per heavy atom. The summed E-state index contributed by atoms with van der Waals surface area (Å²) >= 11 is 0. The molecule has 0 spiro atoms. The molecule has 0 bridgehead atoms. The van der Waals surface area contributed by atoms with E-state index in [0.29, 0.717) is 12.0 Å². The van der Waals surface area contributed by atoms with Gasteiger partial charge in [0.2, 0.25) is 0 Å². The molecule has 96 valence electrons. The summed E-state index contributed by atoms with van der Waals surface area (Å²) in [6.07, 6.45) is 2.37. The first-order valence-corrected chi connectivity index (χ1v) is 6.79. The van der Waals surface area contributed by atoms with E-state index in [1.807, 2.05) is 0 Å². The third kappa shape index (κ3) is 4.91. The molecule has 1 nitrogen and oxygen atoms in total. The minimum atomic E-state index is 0.597. The molecular weight excluding hydrogens is 206 g/mol. The molecule has 1 aromatic carbocycles. The van der Waals surface area contributed by atoms with Crippen LogP contribution < -0.4 is 5.32 Å². The minimum absolute atomic E-state index is 0.597. The summed E-state index contributed by atoms with van der Waals surface area (Å²) in [5.74, 6) is 1.38. The van der Waals surface area contributed by atoms with E-state index in [4.69, 9.17) is 0 Å². The van der Waals surface area contributed by atoms with E-state index < -0.39 is 0 Å². The Balaban J connectivity index is 2.61. The lowest BCUT2D eigenvalue weighted by Crippen LogP contribution is -2.29. The van der Waals surface area contributed by atoms with Gasteiger partial charge >= 0.3 is 0 Å². The molecule has 0 saturated heterocycles. The van der Waals surface area contributed by atoms with Gasteiger partial charge in [-0.05, 0) is 42.9 Å². The summed E-state index contributed by atoms with van der Waals surface area (Å²) in [4.78, 5) is 0. The van der Waals surface area contributed by atoms with Gasteiger partial charge in [-0.2, -0.15) is 0 Å². The van der Waals surface area contributed by atoms with Crippen LogP contribution in [0.3, 0.4) is 0 Å². The highest BCUT2D eigenvalue weighted by atomic mass is 14.9. The second-order valence-corrected chi connectivity index (χ2v) is 5.72. The molecule has 0 fully saturated rings. The maximum atomic E-state index is 3.42. The average Bonchev–Trinajstić information content (AvgIpc) is 2.28. The highest BCUT2D eigenvalue weighted by Crippen LogP contribution is 2.16. The lowest BCUT2D eigenvalue weighted by molar-refractivity contribution is 0.441. The van der Waals surface area contributed by atoms with Crippen molar-refractivity contribution in [3.05, 3.63) is 35.4 Å². The zero-order valence-corrected chi connectivity index (χ0v) is 12.0. The van der Waals surface area contributed by atoms with E-state index in [1.54, 1.807) is 0 Å². The molecule has 17 heavy (non-hydrogen) atoms. The van der Waals surface area contributed by atoms with Crippen LogP contribution >= 0.6 is 0 Å². The van der Waals surface area contributed by atoms with Gasteiger partial charge in [0.05, 0.1) is 0 Å². The molecular formula is C16H27N. The SMILES string of the molecule is CNC(Cc1ccc(C(C)C)cc1)CC(C)C. The first-order valence-electron chi connectivity index (χ1n) is 6.79. The zero-order valence-electron chi connectivity index (χ0n) is 12.0. The predicted molar refractivity (Wildman–Crippen MR) is 76.5 cm³/mol. The maximum Gasteiger partial charge on any atom is 0.0107 e. The Labute approximate surface area is 107 Å². The smallest absolute Gasteiger partial charge is 0.0107 e. The van der Waals surface area contributed by atoms with Crippen molar-refractivity contribution in [3.8, 4) is 0 Å². The third-order valence-electron chi connectivity index (χ3n) is 3.29. The fourth-order valence-corrected chi connectivity index (χ4v) is 2.20. The van der Waals surface area contributed by atoms with Crippen molar-refractivity contribution in [1.82, 2.24) is 5.32 Å². The van der Waals surface area contributed by atoms with Crippen molar-refractivity contribution in [2.24, 2.45) is 5.92 Å². The molecule has 0 aliphatic rings. The van der Waals surface area contributed by atoms with Gasteiger partial charge < -0.3 is 5.32 Å². The Hall–Kier alpha value is -0.820. The van der Waals surface area contributed by atoms with Crippen LogP contribution in [-0.4, -0.2) is 13.1 Å². The molecule has 1 aromatic rings. The van der Waals surface area contributed by atoms with E-state index in [-0.39, 0.29) is 0 Å². The molecule has 0 aliphatic carbocycles. The van der Waals surface area contributed by atoms with Gasteiger partial charge in [0.15, 0.2) is 0 Å².